The van der Waals surface area contributed by atoms with Crippen LogP contribution in [0.15, 0.2) is 24.5 Å². The smallest absolute Gasteiger partial charge is 0.171 e. The lowest BCUT2D eigenvalue weighted by molar-refractivity contribution is -0.698. The topological polar surface area (TPSA) is 22.3 Å². The van der Waals surface area contributed by atoms with Gasteiger partial charge >= 0.3 is 0 Å². The lowest BCUT2D eigenvalue weighted by atomic mass is 10.2. The van der Waals surface area contributed by atoms with Crippen LogP contribution in [0.2, 0.25) is 0 Å². The molecule has 0 atom stereocenters. The molecule has 0 aliphatic heterocycles. The summed E-state index contributed by atoms with van der Waals surface area (Å²) in [5, 5.41) is 0. The molecular formula is C16H28ClNO2. The van der Waals surface area contributed by atoms with Gasteiger partial charge in [0, 0.05) is 18.2 Å². The Hall–Kier alpha value is -0.640. The number of aryl methyl sites for hydroxylation is 1. The van der Waals surface area contributed by atoms with E-state index in [1.54, 1.807) is 0 Å². The van der Waals surface area contributed by atoms with Crippen LogP contribution in [0.25, 0.3) is 0 Å². The van der Waals surface area contributed by atoms with Crippen molar-refractivity contribution in [1.82, 2.24) is 0 Å². The summed E-state index contributed by atoms with van der Waals surface area (Å²) in [5.41, 5.74) is 1.28. The minimum absolute atomic E-state index is 0. The van der Waals surface area contributed by atoms with Crippen LogP contribution in [0.5, 0.6) is 0 Å². The Morgan fingerprint density at radius 3 is 2.45 bits per heavy atom. The first-order chi connectivity index (χ1) is 9.33. The molecule has 0 fully saturated rings. The third-order valence-electron chi connectivity index (χ3n) is 3.01. The Balaban J connectivity index is 0.00000361. The normalized spacial score (nSPS) is 10.3. The highest BCUT2D eigenvalue weighted by Crippen LogP contribution is 1.98. The number of halogens is 1. The number of hydrogen-bond acceptors (Lipinski definition) is 2. The van der Waals surface area contributed by atoms with Crippen molar-refractivity contribution >= 4 is 0 Å². The van der Waals surface area contributed by atoms with Gasteiger partial charge < -0.3 is 21.9 Å². The third-order valence-corrected chi connectivity index (χ3v) is 3.01. The maximum Gasteiger partial charge on any atom is 0.171 e. The summed E-state index contributed by atoms with van der Waals surface area (Å²) in [6, 6.07) is 4.17. The Morgan fingerprint density at radius 2 is 1.75 bits per heavy atom. The van der Waals surface area contributed by atoms with Crippen molar-refractivity contribution in [2.24, 2.45) is 0 Å². The maximum absolute atomic E-state index is 5.56. The average molecular weight is 302 g/mol. The minimum atomic E-state index is 0. The number of hydrogen-bond donors (Lipinski definition) is 0. The summed E-state index contributed by atoms with van der Waals surface area (Å²) >= 11 is 0. The molecule has 0 saturated carbocycles. The van der Waals surface area contributed by atoms with E-state index in [4.69, 9.17) is 9.47 Å². The van der Waals surface area contributed by atoms with Crippen molar-refractivity contribution in [3.05, 3.63) is 30.1 Å². The maximum atomic E-state index is 5.56. The molecule has 1 aromatic heterocycles. The highest BCUT2D eigenvalue weighted by molar-refractivity contribution is 5.01. The molecule has 116 valence electrons. The molecule has 1 aromatic rings. The van der Waals surface area contributed by atoms with E-state index in [1.165, 1.54) is 31.2 Å². The zero-order valence-electron chi connectivity index (χ0n) is 12.8. The van der Waals surface area contributed by atoms with Crippen LogP contribution in [0.3, 0.4) is 0 Å². The van der Waals surface area contributed by atoms with Gasteiger partial charge in [0.2, 0.25) is 0 Å². The van der Waals surface area contributed by atoms with Crippen LogP contribution in [-0.2, 0) is 16.0 Å². The molecule has 0 aliphatic carbocycles. The van der Waals surface area contributed by atoms with E-state index in [-0.39, 0.29) is 12.4 Å². The standard InChI is InChI=1S/C16H28NO2.ClH/c1-3-4-5-6-11-18-13-14-19-12-10-17-9-7-8-16(2)15-17;/h7-9,15H,3-6,10-14H2,1-2H3;1H/q+1;/p-1. The SMILES string of the molecule is CCCCCCOCCOCC[n+]1cccc(C)c1.[Cl-]. The number of rotatable bonds is 11. The molecule has 0 saturated heterocycles. The van der Waals surface area contributed by atoms with Gasteiger partial charge in [-0.15, -0.1) is 0 Å². The van der Waals surface area contributed by atoms with Crippen LogP contribution in [0.4, 0.5) is 0 Å². The number of nitrogens with zero attached hydrogens (tertiary/aromatic N) is 1. The quantitative estimate of drug-likeness (QED) is 0.421. The first-order valence-electron chi connectivity index (χ1n) is 7.44. The van der Waals surface area contributed by atoms with Crippen molar-refractivity contribution in [2.75, 3.05) is 26.4 Å². The van der Waals surface area contributed by atoms with E-state index < -0.39 is 0 Å². The van der Waals surface area contributed by atoms with E-state index in [1.807, 2.05) is 0 Å². The van der Waals surface area contributed by atoms with Crippen LogP contribution in [-0.4, -0.2) is 26.4 Å². The zero-order valence-corrected chi connectivity index (χ0v) is 13.6. The van der Waals surface area contributed by atoms with Gasteiger partial charge in [0.15, 0.2) is 18.9 Å². The summed E-state index contributed by atoms with van der Waals surface area (Å²) < 4.78 is 13.2. The first-order valence-corrected chi connectivity index (χ1v) is 7.44. The number of aromatic nitrogens is 1. The molecule has 1 heterocycles. The van der Waals surface area contributed by atoms with Crippen molar-refractivity contribution < 1.29 is 26.4 Å². The molecule has 1 rings (SSSR count). The van der Waals surface area contributed by atoms with E-state index in [2.05, 4.69) is 42.9 Å². The van der Waals surface area contributed by atoms with Gasteiger partial charge in [-0.3, -0.25) is 0 Å². The molecule has 0 aromatic carbocycles. The van der Waals surface area contributed by atoms with Crippen molar-refractivity contribution in [2.45, 2.75) is 46.1 Å². The van der Waals surface area contributed by atoms with Crippen LogP contribution in [0, 0.1) is 6.92 Å². The predicted octanol–water partition coefficient (Wildman–Crippen LogP) is -0.1000. The Bertz CT molecular complexity index is 334. The number of ether oxygens (including phenoxy) is 2. The lowest BCUT2D eigenvalue weighted by Gasteiger charge is -2.04. The Labute approximate surface area is 129 Å². The molecule has 3 nitrogen and oxygen atoms in total. The fourth-order valence-electron chi connectivity index (χ4n) is 1.91. The molecule has 0 aliphatic rings. The Morgan fingerprint density at radius 1 is 1.00 bits per heavy atom. The minimum Gasteiger partial charge on any atom is -1.00 e. The van der Waals surface area contributed by atoms with E-state index in [9.17, 15) is 0 Å². The molecule has 0 amide bonds. The second kappa shape index (κ2) is 13.3. The van der Waals surface area contributed by atoms with Gasteiger partial charge in [-0.2, -0.15) is 0 Å². The van der Waals surface area contributed by atoms with Crippen molar-refractivity contribution in [3.8, 4) is 0 Å². The monoisotopic (exact) mass is 301 g/mol. The highest BCUT2D eigenvalue weighted by atomic mass is 35.5. The van der Waals surface area contributed by atoms with E-state index in [0.29, 0.717) is 13.2 Å². The summed E-state index contributed by atoms with van der Waals surface area (Å²) in [6.07, 6.45) is 9.25. The second-order valence-electron chi connectivity index (χ2n) is 4.90. The van der Waals surface area contributed by atoms with Crippen LogP contribution < -0.4 is 17.0 Å². The highest BCUT2D eigenvalue weighted by Gasteiger charge is 1.99. The lowest BCUT2D eigenvalue weighted by Crippen LogP contribution is -3.00. The summed E-state index contributed by atoms with van der Waals surface area (Å²) in [7, 11) is 0. The van der Waals surface area contributed by atoms with Gasteiger partial charge in [0.1, 0.15) is 6.61 Å². The molecule has 4 heteroatoms. The fourth-order valence-corrected chi connectivity index (χ4v) is 1.91. The van der Waals surface area contributed by atoms with Crippen molar-refractivity contribution in [3.63, 3.8) is 0 Å². The number of pyridine rings is 1. The molecule has 0 spiro atoms. The average Bonchev–Trinajstić information content (AvgIpc) is 2.41. The van der Waals surface area contributed by atoms with Gasteiger partial charge in [-0.05, 0) is 19.4 Å². The van der Waals surface area contributed by atoms with E-state index in [0.717, 1.165) is 19.8 Å². The molecule has 0 radical (unpaired) electrons. The van der Waals surface area contributed by atoms with Crippen LogP contribution >= 0.6 is 0 Å². The molecule has 0 N–H and O–H groups in total. The molecular weight excluding hydrogens is 274 g/mol. The summed E-state index contributed by atoms with van der Waals surface area (Å²) in [5.74, 6) is 0. The molecule has 0 bridgehead atoms. The molecule has 0 unspecified atom stereocenters. The fraction of sp³-hybridized carbons (Fsp3) is 0.688. The largest absolute Gasteiger partial charge is 1.00 e. The van der Waals surface area contributed by atoms with Gasteiger partial charge in [-0.1, -0.05) is 26.2 Å². The first kappa shape index (κ1) is 19.4. The summed E-state index contributed by atoms with van der Waals surface area (Å²) in [4.78, 5) is 0. The Kier molecular flexibility index (Phi) is 12.9. The second-order valence-corrected chi connectivity index (χ2v) is 4.90. The van der Waals surface area contributed by atoms with Gasteiger partial charge in [-0.25, -0.2) is 4.57 Å². The third kappa shape index (κ3) is 10.2. The van der Waals surface area contributed by atoms with Crippen LogP contribution in [0.1, 0.15) is 38.2 Å². The predicted molar refractivity (Wildman–Crippen MR) is 77.2 cm³/mol. The number of unbranched alkanes of at least 4 members (excludes halogenated alkanes) is 3. The van der Waals surface area contributed by atoms with Gasteiger partial charge in [0.25, 0.3) is 0 Å². The zero-order chi connectivity index (χ0) is 13.8. The molecule has 20 heavy (non-hydrogen) atoms. The van der Waals surface area contributed by atoms with Gasteiger partial charge in [0.05, 0.1) is 13.2 Å². The summed E-state index contributed by atoms with van der Waals surface area (Å²) in [6.45, 7) is 8.25. The van der Waals surface area contributed by atoms with Crippen molar-refractivity contribution in [1.29, 1.82) is 0 Å². The van der Waals surface area contributed by atoms with E-state index >= 15 is 0 Å².